The van der Waals surface area contributed by atoms with Crippen LogP contribution in [0.25, 0.3) is 0 Å². The molecule has 1 atom stereocenters. The molecule has 0 spiro atoms. The molecule has 0 saturated heterocycles. The van der Waals surface area contributed by atoms with E-state index >= 15 is 0 Å². The third-order valence-electron chi connectivity index (χ3n) is 5.41. The van der Waals surface area contributed by atoms with E-state index in [4.69, 9.17) is 0 Å². The highest BCUT2D eigenvalue weighted by atomic mass is 16.2. The highest BCUT2D eigenvalue weighted by Gasteiger charge is 2.29. The minimum Gasteiger partial charge on any atom is -0.331 e. The number of carbonyl (C=O) groups excluding carboxylic acids is 1. The van der Waals surface area contributed by atoms with Crippen LogP contribution in [0.2, 0.25) is 0 Å². The molecular formula is C19H25N5O. The number of amides is 2. The molecule has 2 aliphatic rings. The Morgan fingerprint density at radius 2 is 2.00 bits per heavy atom. The van der Waals surface area contributed by atoms with E-state index in [2.05, 4.69) is 37.5 Å². The highest BCUT2D eigenvalue weighted by molar-refractivity contribution is 5.74. The molecule has 1 aromatic carbocycles. The molecule has 0 radical (unpaired) electrons. The van der Waals surface area contributed by atoms with Crippen molar-refractivity contribution in [2.75, 3.05) is 0 Å². The topological polar surface area (TPSA) is 71.8 Å². The van der Waals surface area contributed by atoms with E-state index in [1.165, 1.54) is 31.2 Å². The summed E-state index contributed by atoms with van der Waals surface area (Å²) >= 11 is 0. The predicted octanol–water partition coefficient (Wildman–Crippen LogP) is 2.96. The van der Waals surface area contributed by atoms with Crippen molar-refractivity contribution in [3.63, 3.8) is 0 Å². The quantitative estimate of drug-likeness (QED) is 0.880. The number of hydrogen-bond acceptors (Lipinski definition) is 3. The van der Waals surface area contributed by atoms with Gasteiger partial charge in [-0.15, -0.1) is 10.2 Å². The van der Waals surface area contributed by atoms with E-state index in [0.717, 1.165) is 31.0 Å². The van der Waals surface area contributed by atoms with Crippen LogP contribution in [-0.2, 0) is 19.5 Å². The highest BCUT2D eigenvalue weighted by Crippen LogP contribution is 2.37. The van der Waals surface area contributed by atoms with Gasteiger partial charge in [0.15, 0.2) is 5.82 Å². The first-order valence-corrected chi connectivity index (χ1v) is 9.31. The van der Waals surface area contributed by atoms with E-state index in [0.29, 0.717) is 12.5 Å². The minimum absolute atomic E-state index is 0.0854. The zero-order chi connectivity index (χ0) is 17.1. The number of fused-ring (bicyclic) bond motifs is 1. The summed E-state index contributed by atoms with van der Waals surface area (Å²) in [4.78, 5) is 12.5. The molecule has 132 valence electrons. The molecule has 4 rings (SSSR count). The van der Waals surface area contributed by atoms with Crippen molar-refractivity contribution in [3.05, 3.63) is 47.5 Å². The predicted molar refractivity (Wildman–Crippen MR) is 94.9 cm³/mol. The summed E-state index contributed by atoms with van der Waals surface area (Å²) in [5, 5.41) is 14.6. The first-order valence-electron chi connectivity index (χ1n) is 9.31. The maximum Gasteiger partial charge on any atom is 0.315 e. The van der Waals surface area contributed by atoms with Gasteiger partial charge in [0.05, 0.1) is 12.6 Å². The van der Waals surface area contributed by atoms with Crippen molar-refractivity contribution in [2.24, 2.45) is 5.92 Å². The Hall–Kier alpha value is -2.37. The van der Waals surface area contributed by atoms with Crippen LogP contribution in [0.3, 0.4) is 0 Å². The SMILES string of the molecule is O=C(NCc1nnc2n1CCCC2)N[C@H](c1ccccc1)C1CCC1. The number of urea groups is 1. The first-order chi connectivity index (χ1) is 12.3. The third-order valence-corrected chi connectivity index (χ3v) is 5.41. The Kier molecular flexibility index (Phi) is 4.68. The molecule has 6 nitrogen and oxygen atoms in total. The summed E-state index contributed by atoms with van der Waals surface area (Å²) in [5.41, 5.74) is 1.18. The monoisotopic (exact) mass is 339 g/mol. The van der Waals surface area contributed by atoms with E-state index in [1.54, 1.807) is 0 Å². The fourth-order valence-corrected chi connectivity index (χ4v) is 3.76. The van der Waals surface area contributed by atoms with Crippen molar-refractivity contribution in [3.8, 4) is 0 Å². The van der Waals surface area contributed by atoms with Gasteiger partial charge in [-0.05, 0) is 37.2 Å². The minimum atomic E-state index is -0.131. The Balaban J connectivity index is 1.38. The van der Waals surface area contributed by atoms with Crippen LogP contribution in [0, 0.1) is 5.92 Å². The number of nitrogens with one attached hydrogen (secondary N) is 2. The number of rotatable bonds is 5. The largest absolute Gasteiger partial charge is 0.331 e. The Bertz CT molecular complexity index is 723. The lowest BCUT2D eigenvalue weighted by molar-refractivity contribution is 0.207. The molecule has 2 amide bonds. The second kappa shape index (κ2) is 7.25. The van der Waals surface area contributed by atoms with Gasteiger partial charge < -0.3 is 15.2 Å². The van der Waals surface area contributed by atoms with Crippen molar-refractivity contribution in [2.45, 2.75) is 57.7 Å². The molecule has 1 aliphatic heterocycles. The fourth-order valence-electron chi connectivity index (χ4n) is 3.76. The smallest absolute Gasteiger partial charge is 0.315 e. The van der Waals surface area contributed by atoms with Gasteiger partial charge in [-0.25, -0.2) is 4.79 Å². The first kappa shape index (κ1) is 16.1. The van der Waals surface area contributed by atoms with Crippen LogP contribution in [0.1, 0.15) is 55.4 Å². The summed E-state index contributed by atoms with van der Waals surface area (Å²) in [6, 6.07) is 10.2. The maximum absolute atomic E-state index is 12.5. The Labute approximate surface area is 148 Å². The molecule has 2 heterocycles. The van der Waals surface area contributed by atoms with Gasteiger partial charge in [0, 0.05) is 13.0 Å². The van der Waals surface area contributed by atoms with Crippen molar-refractivity contribution in [1.29, 1.82) is 0 Å². The number of aromatic nitrogens is 3. The summed E-state index contributed by atoms with van der Waals surface area (Å²) < 4.78 is 2.14. The van der Waals surface area contributed by atoms with Crippen LogP contribution < -0.4 is 10.6 Å². The van der Waals surface area contributed by atoms with E-state index in [-0.39, 0.29) is 12.1 Å². The molecule has 1 aliphatic carbocycles. The molecule has 2 N–H and O–H groups in total. The lowest BCUT2D eigenvalue weighted by atomic mass is 9.77. The van der Waals surface area contributed by atoms with Gasteiger partial charge in [0.2, 0.25) is 0 Å². The number of aryl methyl sites for hydroxylation is 1. The molecule has 25 heavy (non-hydrogen) atoms. The summed E-state index contributed by atoms with van der Waals surface area (Å²) in [6.45, 7) is 1.38. The Morgan fingerprint density at radius 3 is 2.76 bits per heavy atom. The van der Waals surface area contributed by atoms with Crippen LogP contribution >= 0.6 is 0 Å². The summed E-state index contributed by atoms with van der Waals surface area (Å²) in [7, 11) is 0. The number of carbonyl (C=O) groups is 1. The standard InChI is InChI=1S/C19H25N5O/c25-19(20-13-17-23-22-16-11-4-5-12-24(16)17)21-18(15-9-6-10-15)14-7-2-1-3-8-14/h1-3,7-8,15,18H,4-6,9-13H2,(H2,20,21,25)/t18-/m1/s1. The van der Waals surface area contributed by atoms with Gasteiger partial charge in [-0.2, -0.15) is 0 Å². The van der Waals surface area contributed by atoms with Crippen molar-refractivity contribution in [1.82, 2.24) is 25.4 Å². The molecule has 1 saturated carbocycles. The van der Waals surface area contributed by atoms with E-state index in [9.17, 15) is 4.79 Å². The van der Waals surface area contributed by atoms with Crippen molar-refractivity contribution >= 4 is 6.03 Å². The normalized spacial score (nSPS) is 18.1. The molecule has 6 heteroatoms. The average molecular weight is 339 g/mol. The van der Waals surface area contributed by atoms with Crippen LogP contribution in [0.5, 0.6) is 0 Å². The number of benzene rings is 1. The van der Waals surface area contributed by atoms with Crippen LogP contribution in [0.4, 0.5) is 4.79 Å². The molecule has 1 fully saturated rings. The molecule has 1 aromatic heterocycles. The van der Waals surface area contributed by atoms with Crippen molar-refractivity contribution < 1.29 is 4.79 Å². The zero-order valence-corrected chi connectivity index (χ0v) is 14.4. The zero-order valence-electron chi connectivity index (χ0n) is 14.4. The number of hydrogen-bond donors (Lipinski definition) is 2. The average Bonchev–Trinajstić information content (AvgIpc) is 3.02. The molecule has 2 aromatic rings. The van der Waals surface area contributed by atoms with Gasteiger partial charge in [0.1, 0.15) is 5.82 Å². The third kappa shape index (κ3) is 3.52. The lowest BCUT2D eigenvalue weighted by Gasteiger charge is -2.34. The van der Waals surface area contributed by atoms with Crippen LogP contribution in [-0.4, -0.2) is 20.8 Å². The van der Waals surface area contributed by atoms with Gasteiger partial charge in [0.25, 0.3) is 0 Å². The molecule has 0 unspecified atom stereocenters. The van der Waals surface area contributed by atoms with Gasteiger partial charge >= 0.3 is 6.03 Å². The lowest BCUT2D eigenvalue weighted by Crippen LogP contribution is -2.42. The van der Waals surface area contributed by atoms with Gasteiger partial charge in [-0.3, -0.25) is 0 Å². The second-order valence-electron chi connectivity index (χ2n) is 7.05. The second-order valence-corrected chi connectivity index (χ2v) is 7.05. The molecule has 0 bridgehead atoms. The fraction of sp³-hybridized carbons (Fsp3) is 0.526. The summed E-state index contributed by atoms with van der Waals surface area (Å²) in [5.74, 6) is 2.43. The molecular weight excluding hydrogens is 314 g/mol. The van der Waals surface area contributed by atoms with E-state index < -0.39 is 0 Å². The van der Waals surface area contributed by atoms with Crippen LogP contribution in [0.15, 0.2) is 30.3 Å². The Morgan fingerprint density at radius 1 is 1.16 bits per heavy atom. The number of nitrogens with zero attached hydrogens (tertiary/aromatic N) is 3. The van der Waals surface area contributed by atoms with E-state index in [1.807, 2.05) is 18.2 Å². The maximum atomic E-state index is 12.5. The van der Waals surface area contributed by atoms with Gasteiger partial charge in [-0.1, -0.05) is 36.8 Å². The summed E-state index contributed by atoms with van der Waals surface area (Å²) in [6.07, 6.45) is 6.92.